The van der Waals surface area contributed by atoms with Crippen molar-refractivity contribution in [3.8, 4) is 0 Å². The normalized spacial score (nSPS) is 12.3. The number of benzene rings is 2. The molecule has 1 N–H and O–H groups in total. The minimum absolute atomic E-state index is 0.0733. The van der Waals surface area contributed by atoms with Gasteiger partial charge in [-0.3, -0.25) is 4.72 Å². The molecule has 8 heteroatoms. The molecule has 0 heterocycles. The van der Waals surface area contributed by atoms with E-state index in [1.54, 1.807) is 51.1 Å². The fourth-order valence-electron chi connectivity index (χ4n) is 2.58. The largest absolute Gasteiger partial charge is 0.283 e. The predicted molar refractivity (Wildman–Crippen MR) is 104 cm³/mol. The molecule has 0 saturated carbocycles. The van der Waals surface area contributed by atoms with Gasteiger partial charge in [-0.15, -0.1) is 0 Å². The smallest absolute Gasteiger partial charge is 0.243 e. The first kappa shape index (κ1) is 20.4. The van der Waals surface area contributed by atoms with Crippen molar-refractivity contribution in [2.24, 2.45) is 0 Å². The predicted octanol–water partition coefficient (Wildman–Crippen LogP) is 2.97. The van der Waals surface area contributed by atoms with E-state index in [2.05, 4.69) is 4.72 Å². The molecule has 26 heavy (non-hydrogen) atoms. The van der Waals surface area contributed by atoms with Crippen molar-refractivity contribution in [2.75, 3.05) is 17.8 Å². The van der Waals surface area contributed by atoms with Crippen LogP contribution in [0.3, 0.4) is 0 Å². The number of sulfonamides is 2. The van der Waals surface area contributed by atoms with Crippen LogP contribution >= 0.6 is 0 Å². The Hall–Kier alpha value is -1.90. The summed E-state index contributed by atoms with van der Waals surface area (Å²) in [6.45, 7) is 5.95. The van der Waals surface area contributed by atoms with E-state index in [-0.39, 0.29) is 16.3 Å². The molecule has 0 aliphatic rings. The topological polar surface area (TPSA) is 83.6 Å². The number of hydrogen-bond acceptors (Lipinski definition) is 4. The molecule has 0 bridgehead atoms. The van der Waals surface area contributed by atoms with Gasteiger partial charge in [-0.25, -0.2) is 16.8 Å². The maximum atomic E-state index is 12.7. The van der Waals surface area contributed by atoms with Gasteiger partial charge in [0, 0.05) is 13.1 Å². The van der Waals surface area contributed by atoms with E-state index in [4.69, 9.17) is 0 Å². The molecule has 0 unspecified atom stereocenters. The zero-order valence-corrected chi connectivity index (χ0v) is 16.8. The van der Waals surface area contributed by atoms with Gasteiger partial charge in [0.1, 0.15) is 0 Å². The monoisotopic (exact) mass is 396 g/mol. The fourth-order valence-corrected chi connectivity index (χ4v) is 5.32. The van der Waals surface area contributed by atoms with Crippen molar-refractivity contribution in [1.29, 1.82) is 0 Å². The Balaban J connectivity index is 2.33. The summed E-state index contributed by atoms with van der Waals surface area (Å²) in [7, 11) is -7.32. The van der Waals surface area contributed by atoms with Crippen LogP contribution in [0.15, 0.2) is 53.4 Å². The number of hydrogen-bond donors (Lipinski definition) is 1. The third-order valence-corrected chi connectivity index (χ3v) is 7.31. The number of anilines is 1. The average molecular weight is 397 g/mol. The van der Waals surface area contributed by atoms with Gasteiger partial charge >= 0.3 is 0 Å². The van der Waals surface area contributed by atoms with Gasteiger partial charge < -0.3 is 0 Å². The second-order valence-electron chi connectivity index (χ2n) is 5.91. The molecule has 2 aromatic carbocycles. The van der Waals surface area contributed by atoms with E-state index in [1.165, 1.54) is 16.4 Å². The third kappa shape index (κ3) is 4.84. The van der Waals surface area contributed by atoms with E-state index < -0.39 is 20.0 Å². The number of nitrogens with one attached hydrogen (secondary N) is 1. The van der Waals surface area contributed by atoms with Crippen molar-refractivity contribution >= 4 is 25.7 Å². The second-order valence-corrected chi connectivity index (χ2v) is 9.57. The van der Waals surface area contributed by atoms with Crippen molar-refractivity contribution < 1.29 is 16.8 Å². The van der Waals surface area contributed by atoms with Crippen LogP contribution in [-0.2, 0) is 25.8 Å². The minimum atomic E-state index is -3.66. The van der Waals surface area contributed by atoms with Crippen LogP contribution in [0, 0.1) is 6.92 Å². The van der Waals surface area contributed by atoms with Crippen LogP contribution in [0.25, 0.3) is 0 Å². The summed E-state index contributed by atoms with van der Waals surface area (Å²) in [6, 6.07) is 13.3. The molecule has 0 aromatic heterocycles. The summed E-state index contributed by atoms with van der Waals surface area (Å²) in [5.41, 5.74) is 1.58. The average Bonchev–Trinajstić information content (AvgIpc) is 2.57. The van der Waals surface area contributed by atoms with E-state index in [1.807, 2.05) is 6.07 Å². The van der Waals surface area contributed by atoms with E-state index >= 15 is 0 Å². The van der Waals surface area contributed by atoms with Crippen LogP contribution < -0.4 is 4.72 Å². The first-order valence-corrected chi connectivity index (χ1v) is 11.4. The van der Waals surface area contributed by atoms with Crippen LogP contribution in [-0.4, -0.2) is 34.2 Å². The van der Waals surface area contributed by atoms with Crippen molar-refractivity contribution in [2.45, 2.75) is 31.4 Å². The summed E-state index contributed by atoms with van der Waals surface area (Å²) in [5.74, 6) is -0.180. The molecule has 0 fully saturated rings. The Bertz CT molecular complexity index is 952. The number of nitrogens with zero attached hydrogens (tertiary/aromatic N) is 1. The molecule has 0 atom stereocenters. The fraction of sp³-hybridized carbons (Fsp3) is 0.333. The molecule has 0 saturated heterocycles. The zero-order valence-electron chi connectivity index (χ0n) is 15.1. The Morgan fingerprint density at radius 2 is 1.54 bits per heavy atom. The molecular weight excluding hydrogens is 372 g/mol. The highest BCUT2D eigenvalue weighted by molar-refractivity contribution is 7.92. The Labute approximate surface area is 156 Å². The maximum Gasteiger partial charge on any atom is 0.243 e. The summed E-state index contributed by atoms with van der Waals surface area (Å²) < 4.78 is 54.1. The lowest BCUT2D eigenvalue weighted by molar-refractivity contribution is 0.445. The van der Waals surface area contributed by atoms with E-state index in [9.17, 15) is 16.8 Å². The Kier molecular flexibility index (Phi) is 6.44. The first-order valence-electron chi connectivity index (χ1n) is 8.35. The van der Waals surface area contributed by atoms with Crippen molar-refractivity contribution in [3.63, 3.8) is 0 Å². The molecule has 0 amide bonds. The molecule has 0 spiro atoms. The minimum Gasteiger partial charge on any atom is -0.283 e. The quantitative estimate of drug-likeness (QED) is 0.743. The van der Waals surface area contributed by atoms with E-state index in [0.29, 0.717) is 24.2 Å². The first-order chi connectivity index (χ1) is 12.2. The van der Waals surface area contributed by atoms with Crippen LogP contribution in [0.1, 0.15) is 25.0 Å². The number of aryl methyl sites for hydroxylation is 1. The molecule has 142 valence electrons. The summed E-state index contributed by atoms with van der Waals surface area (Å²) >= 11 is 0. The molecule has 2 aromatic rings. The highest BCUT2D eigenvalue weighted by atomic mass is 32.2. The van der Waals surface area contributed by atoms with Gasteiger partial charge in [-0.1, -0.05) is 50.2 Å². The molecule has 0 aliphatic heterocycles. The SMILES string of the molecule is CCN(CC)S(=O)(=O)c1ccc(C)c(NS(=O)(=O)Cc2ccccc2)c1. The van der Waals surface area contributed by atoms with Crippen molar-refractivity contribution in [1.82, 2.24) is 4.31 Å². The maximum absolute atomic E-state index is 12.7. The summed E-state index contributed by atoms with van der Waals surface area (Å²) in [5, 5.41) is 0. The molecule has 2 rings (SSSR count). The van der Waals surface area contributed by atoms with Crippen molar-refractivity contribution in [3.05, 3.63) is 59.7 Å². The van der Waals surface area contributed by atoms with Gasteiger partial charge in [0.15, 0.2) is 0 Å². The van der Waals surface area contributed by atoms with Gasteiger partial charge in [0.05, 0.1) is 16.3 Å². The third-order valence-electron chi connectivity index (χ3n) is 4.02. The second kappa shape index (κ2) is 8.20. The summed E-state index contributed by atoms with van der Waals surface area (Å²) in [6.07, 6.45) is 0. The lowest BCUT2D eigenvalue weighted by atomic mass is 10.2. The molecular formula is C18H24N2O4S2. The van der Waals surface area contributed by atoms with E-state index in [0.717, 1.165) is 0 Å². The lowest BCUT2D eigenvalue weighted by Gasteiger charge is -2.19. The lowest BCUT2D eigenvalue weighted by Crippen LogP contribution is -2.30. The van der Waals surface area contributed by atoms with Crippen LogP contribution in [0.4, 0.5) is 5.69 Å². The Morgan fingerprint density at radius 1 is 0.923 bits per heavy atom. The standard InChI is InChI=1S/C18H24N2O4S2/c1-4-20(5-2)26(23,24)17-12-11-15(3)18(13-17)19-25(21,22)14-16-9-7-6-8-10-16/h6-13,19H,4-5,14H2,1-3H3. The zero-order chi connectivity index (χ0) is 19.4. The van der Waals surface area contributed by atoms with Crippen LogP contribution in [0.2, 0.25) is 0 Å². The molecule has 6 nitrogen and oxygen atoms in total. The van der Waals surface area contributed by atoms with Crippen LogP contribution in [0.5, 0.6) is 0 Å². The summed E-state index contributed by atoms with van der Waals surface area (Å²) in [4.78, 5) is 0.0733. The van der Waals surface area contributed by atoms with Gasteiger partial charge in [0.25, 0.3) is 0 Å². The number of rotatable bonds is 8. The highest BCUT2D eigenvalue weighted by Crippen LogP contribution is 2.24. The Morgan fingerprint density at radius 3 is 2.12 bits per heavy atom. The van der Waals surface area contributed by atoms with Gasteiger partial charge in [-0.05, 0) is 30.2 Å². The molecule has 0 radical (unpaired) electrons. The van der Waals surface area contributed by atoms with Gasteiger partial charge in [0.2, 0.25) is 20.0 Å². The molecule has 0 aliphatic carbocycles. The highest BCUT2D eigenvalue weighted by Gasteiger charge is 2.23. The van der Waals surface area contributed by atoms with Gasteiger partial charge in [-0.2, -0.15) is 4.31 Å².